The molecule has 0 spiro atoms. The van der Waals surface area contributed by atoms with E-state index in [1.807, 2.05) is 19.9 Å². The number of primary amides is 1. The average Bonchev–Trinajstić information content (AvgIpc) is 2.77. The first-order chi connectivity index (χ1) is 14.8. The van der Waals surface area contributed by atoms with Crippen molar-refractivity contribution < 1.29 is 19.1 Å². The summed E-state index contributed by atoms with van der Waals surface area (Å²) in [5.41, 5.74) is 7.06. The number of benzene rings is 2. The molecule has 0 unspecified atom stereocenters. The fourth-order valence-corrected chi connectivity index (χ4v) is 3.38. The fourth-order valence-electron chi connectivity index (χ4n) is 3.38. The first-order valence-corrected chi connectivity index (χ1v) is 10.3. The monoisotopic (exact) mass is 424 g/mol. The predicted molar refractivity (Wildman–Crippen MR) is 117 cm³/mol. The highest BCUT2D eigenvalue weighted by Gasteiger charge is 2.25. The summed E-state index contributed by atoms with van der Waals surface area (Å²) >= 11 is 0. The number of rotatable bonds is 6. The Bertz CT molecular complexity index is 952. The lowest BCUT2D eigenvalue weighted by molar-refractivity contribution is 0.0663. The molecule has 0 aliphatic carbocycles. The van der Waals surface area contributed by atoms with Crippen molar-refractivity contribution >= 4 is 17.8 Å². The lowest BCUT2D eigenvalue weighted by Crippen LogP contribution is -2.54. The van der Waals surface area contributed by atoms with E-state index in [0.29, 0.717) is 43.1 Å². The van der Waals surface area contributed by atoms with Crippen LogP contribution in [0.2, 0.25) is 0 Å². The molecule has 1 saturated heterocycles. The lowest BCUT2D eigenvalue weighted by Gasteiger charge is -2.35. The number of hydrogen-bond acceptors (Lipinski definition) is 4. The molecule has 2 aromatic carbocycles. The second-order valence-electron chi connectivity index (χ2n) is 7.73. The number of piperazine rings is 1. The molecule has 1 aliphatic heterocycles. The van der Waals surface area contributed by atoms with Gasteiger partial charge in [-0.25, -0.2) is 4.79 Å². The zero-order chi connectivity index (χ0) is 22.4. The van der Waals surface area contributed by atoms with E-state index in [2.05, 4.69) is 5.32 Å². The molecule has 1 fully saturated rings. The van der Waals surface area contributed by atoms with Crippen molar-refractivity contribution in [2.24, 2.45) is 5.73 Å². The van der Waals surface area contributed by atoms with Crippen molar-refractivity contribution in [1.29, 1.82) is 0 Å². The van der Waals surface area contributed by atoms with Gasteiger partial charge in [0.05, 0.1) is 5.56 Å². The SMILES string of the molecule is CC(C)NC(=O)N1CCN(C(=O)c2cccc(COc3ccccc3C(N)=O)c2)CC1. The summed E-state index contributed by atoms with van der Waals surface area (Å²) in [6.07, 6.45) is 0. The molecule has 1 aliphatic rings. The summed E-state index contributed by atoms with van der Waals surface area (Å²) in [6.45, 7) is 6.00. The molecule has 0 aromatic heterocycles. The summed E-state index contributed by atoms with van der Waals surface area (Å²) in [5.74, 6) is -0.230. The number of amides is 4. The molecule has 0 saturated carbocycles. The molecular weight excluding hydrogens is 396 g/mol. The maximum absolute atomic E-state index is 12.9. The van der Waals surface area contributed by atoms with Gasteiger partial charge in [-0.3, -0.25) is 9.59 Å². The third kappa shape index (κ3) is 5.75. The largest absolute Gasteiger partial charge is 0.488 e. The van der Waals surface area contributed by atoms with Crippen molar-refractivity contribution in [1.82, 2.24) is 15.1 Å². The zero-order valence-corrected chi connectivity index (χ0v) is 17.8. The van der Waals surface area contributed by atoms with Crippen molar-refractivity contribution in [2.75, 3.05) is 26.2 Å². The highest BCUT2D eigenvalue weighted by atomic mass is 16.5. The molecule has 3 rings (SSSR count). The highest BCUT2D eigenvalue weighted by Crippen LogP contribution is 2.19. The molecule has 0 radical (unpaired) electrons. The van der Waals surface area contributed by atoms with Gasteiger partial charge in [0.25, 0.3) is 11.8 Å². The van der Waals surface area contributed by atoms with E-state index in [4.69, 9.17) is 10.5 Å². The first-order valence-electron chi connectivity index (χ1n) is 10.3. The molecule has 8 heteroatoms. The first kappa shape index (κ1) is 22.1. The van der Waals surface area contributed by atoms with Crippen LogP contribution in [0.3, 0.4) is 0 Å². The fraction of sp³-hybridized carbons (Fsp3) is 0.348. The van der Waals surface area contributed by atoms with Crippen LogP contribution in [-0.2, 0) is 6.61 Å². The van der Waals surface area contributed by atoms with Crippen molar-refractivity contribution in [2.45, 2.75) is 26.5 Å². The molecule has 1 heterocycles. The Morgan fingerprint density at radius 3 is 2.35 bits per heavy atom. The number of carbonyl (C=O) groups is 3. The van der Waals surface area contributed by atoms with Gasteiger partial charge in [-0.2, -0.15) is 0 Å². The summed E-state index contributed by atoms with van der Waals surface area (Å²) < 4.78 is 5.76. The zero-order valence-electron chi connectivity index (χ0n) is 17.8. The number of para-hydroxylation sites is 1. The van der Waals surface area contributed by atoms with Gasteiger partial charge < -0.3 is 25.6 Å². The highest BCUT2D eigenvalue weighted by molar-refractivity contribution is 5.95. The standard InChI is InChI=1S/C23H28N4O4/c1-16(2)25-23(30)27-12-10-26(11-13-27)22(29)18-7-5-6-17(14-18)15-31-20-9-4-3-8-19(20)21(24)28/h3-9,14,16H,10-13,15H2,1-2H3,(H2,24,28)(H,25,30). The van der Waals surface area contributed by atoms with E-state index in [1.54, 1.807) is 52.3 Å². The van der Waals surface area contributed by atoms with E-state index in [-0.39, 0.29) is 24.6 Å². The third-order valence-electron chi connectivity index (χ3n) is 4.99. The predicted octanol–water partition coefficient (Wildman–Crippen LogP) is 2.24. The second kappa shape index (κ2) is 9.97. The molecule has 0 bridgehead atoms. The van der Waals surface area contributed by atoms with Gasteiger partial charge in [0.15, 0.2) is 0 Å². The van der Waals surface area contributed by atoms with Gasteiger partial charge in [0.2, 0.25) is 0 Å². The van der Waals surface area contributed by atoms with Gasteiger partial charge in [-0.1, -0.05) is 24.3 Å². The summed E-state index contributed by atoms with van der Waals surface area (Å²) in [5, 5.41) is 2.87. The van der Waals surface area contributed by atoms with Crippen LogP contribution in [0, 0.1) is 0 Å². The number of nitrogens with one attached hydrogen (secondary N) is 1. The van der Waals surface area contributed by atoms with E-state index < -0.39 is 5.91 Å². The third-order valence-corrected chi connectivity index (χ3v) is 4.99. The molecule has 8 nitrogen and oxygen atoms in total. The second-order valence-corrected chi connectivity index (χ2v) is 7.73. The maximum Gasteiger partial charge on any atom is 0.317 e. The Hall–Kier alpha value is -3.55. The Labute approximate surface area is 182 Å². The number of ether oxygens (including phenoxy) is 1. The molecule has 2 aromatic rings. The van der Waals surface area contributed by atoms with E-state index >= 15 is 0 Å². The van der Waals surface area contributed by atoms with Gasteiger partial charge in [0, 0.05) is 37.8 Å². The van der Waals surface area contributed by atoms with Crippen LogP contribution in [0.4, 0.5) is 4.79 Å². The minimum absolute atomic E-state index is 0.0760. The van der Waals surface area contributed by atoms with Crippen LogP contribution < -0.4 is 15.8 Å². The number of nitrogens with zero attached hydrogens (tertiary/aromatic N) is 2. The van der Waals surface area contributed by atoms with Gasteiger partial charge >= 0.3 is 6.03 Å². The van der Waals surface area contributed by atoms with Gasteiger partial charge in [-0.15, -0.1) is 0 Å². The molecule has 4 amide bonds. The van der Waals surface area contributed by atoms with Crippen molar-refractivity contribution in [3.05, 3.63) is 65.2 Å². The lowest BCUT2D eigenvalue weighted by atomic mass is 10.1. The summed E-state index contributed by atoms with van der Waals surface area (Å²) in [6, 6.07) is 14.0. The minimum atomic E-state index is -0.555. The minimum Gasteiger partial charge on any atom is -0.488 e. The molecular formula is C23H28N4O4. The van der Waals surface area contributed by atoms with E-state index in [9.17, 15) is 14.4 Å². The van der Waals surface area contributed by atoms with Crippen LogP contribution in [0.1, 0.15) is 40.1 Å². The molecule has 3 N–H and O–H groups in total. The Balaban J connectivity index is 1.60. The smallest absolute Gasteiger partial charge is 0.317 e. The number of carbonyl (C=O) groups excluding carboxylic acids is 3. The van der Waals surface area contributed by atoms with Crippen molar-refractivity contribution in [3.63, 3.8) is 0 Å². The Morgan fingerprint density at radius 2 is 1.68 bits per heavy atom. The van der Waals surface area contributed by atoms with Crippen LogP contribution in [0.5, 0.6) is 5.75 Å². The van der Waals surface area contributed by atoms with Gasteiger partial charge in [-0.05, 0) is 43.7 Å². The average molecular weight is 425 g/mol. The number of nitrogens with two attached hydrogens (primary N) is 1. The maximum atomic E-state index is 12.9. The Morgan fingerprint density at radius 1 is 1.00 bits per heavy atom. The summed E-state index contributed by atoms with van der Waals surface area (Å²) in [4.78, 5) is 40.1. The van der Waals surface area contributed by atoms with Crippen LogP contribution in [0.15, 0.2) is 48.5 Å². The molecule has 0 atom stereocenters. The van der Waals surface area contributed by atoms with Crippen LogP contribution in [0.25, 0.3) is 0 Å². The Kier molecular flexibility index (Phi) is 7.12. The van der Waals surface area contributed by atoms with Crippen LogP contribution >= 0.6 is 0 Å². The van der Waals surface area contributed by atoms with E-state index in [1.165, 1.54) is 0 Å². The van der Waals surface area contributed by atoms with Crippen LogP contribution in [-0.4, -0.2) is 59.9 Å². The molecule has 164 valence electrons. The molecule has 31 heavy (non-hydrogen) atoms. The summed E-state index contributed by atoms with van der Waals surface area (Å²) in [7, 11) is 0. The van der Waals surface area contributed by atoms with E-state index in [0.717, 1.165) is 5.56 Å². The normalized spacial score (nSPS) is 13.8. The quantitative estimate of drug-likeness (QED) is 0.742. The van der Waals surface area contributed by atoms with Gasteiger partial charge in [0.1, 0.15) is 12.4 Å². The number of urea groups is 1. The topological polar surface area (TPSA) is 105 Å². The van der Waals surface area contributed by atoms with Crippen molar-refractivity contribution in [3.8, 4) is 5.75 Å². The number of hydrogen-bond donors (Lipinski definition) is 2.